The summed E-state index contributed by atoms with van der Waals surface area (Å²) in [7, 11) is 9.87. The third kappa shape index (κ3) is 28.7. The van der Waals surface area contributed by atoms with Gasteiger partial charge in [0.25, 0.3) is 0 Å². The van der Waals surface area contributed by atoms with Crippen molar-refractivity contribution in [3.8, 4) is 0 Å². The average Bonchev–Trinajstić information content (AvgIpc) is 1.69. The second-order valence-corrected chi connectivity index (χ2v) is 4.69. The SMILES string of the molecule is C=C(C)[C-]=O.[Cl][Zr][Cl]. The Labute approximate surface area is 67.7 Å². The van der Waals surface area contributed by atoms with Gasteiger partial charge in [0.05, 0.1) is 0 Å². The predicted molar refractivity (Wildman–Crippen MR) is 32.2 cm³/mol. The van der Waals surface area contributed by atoms with E-state index in [4.69, 9.17) is 17.0 Å². The Morgan fingerprint density at radius 3 is 1.88 bits per heavy atom. The second-order valence-electron chi connectivity index (χ2n) is 0.954. The van der Waals surface area contributed by atoms with Crippen LogP contribution in [-0.4, -0.2) is 6.29 Å². The van der Waals surface area contributed by atoms with Crippen LogP contribution in [0.5, 0.6) is 0 Å². The van der Waals surface area contributed by atoms with E-state index in [0.717, 1.165) is 0 Å². The summed E-state index contributed by atoms with van der Waals surface area (Å²) in [5.74, 6) is 0. The van der Waals surface area contributed by atoms with Crippen molar-refractivity contribution in [3.05, 3.63) is 12.2 Å². The predicted octanol–water partition coefficient (Wildman–Crippen LogP) is 2.05. The number of allylic oxidation sites excluding steroid dienone is 1. The molecule has 8 heavy (non-hydrogen) atoms. The van der Waals surface area contributed by atoms with Gasteiger partial charge in [-0.05, 0) is 6.29 Å². The molecule has 0 aliphatic carbocycles. The number of carbonyl (C=O) groups excluding carboxylic acids is 1. The van der Waals surface area contributed by atoms with Gasteiger partial charge >= 0.3 is 37.9 Å². The van der Waals surface area contributed by atoms with Gasteiger partial charge in [-0.3, -0.25) is 0 Å². The Morgan fingerprint density at radius 1 is 1.75 bits per heavy atom. The fourth-order valence-corrected chi connectivity index (χ4v) is 0. The molecule has 0 aliphatic rings. The Balaban J connectivity index is 0. The molecule has 0 N–H and O–H groups in total. The first-order chi connectivity index (χ1) is 3.68. The minimum absolute atomic E-state index is 0.449. The van der Waals surface area contributed by atoms with Gasteiger partial charge in [-0.2, -0.15) is 5.57 Å². The van der Waals surface area contributed by atoms with Crippen molar-refractivity contribution in [1.82, 2.24) is 0 Å². The first-order valence-electron chi connectivity index (χ1n) is 1.69. The molecule has 0 saturated heterocycles. The first kappa shape index (κ1) is 11.6. The molecule has 4 heteroatoms. The number of hydrogen-bond acceptors (Lipinski definition) is 1. The van der Waals surface area contributed by atoms with Crippen molar-refractivity contribution in [1.29, 1.82) is 0 Å². The van der Waals surface area contributed by atoms with Crippen LogP contribution in [0.4, 0.5) is 0 Å². The zero-order chi connectivity index (χ0) is 6.99. The van der Waals surface area contributed by atoms with Gasteiger partial charge in [-0.25, -0.2) is 6.58 Å². The molecule has 0 atom stereocenters. The van der Waals surface area contributed by atoms with Gasteiger partial charge in [0, 0.05) is 0 Å². The quantitative estimate of drug-likeness (QED) is 0.498. The monoisotopic (exact) mass is 229 g/mol. The zero-order valence-corrected chi connectivity index (χ0v) is 8.34. The number of rotatable bonds is 1. The Bertz CT molecular complexity index is 74.4. The average molecular weight is 231 g/mol. The molecular formula is C4H5Cl2OZr-. The van der Waals surface area contributed by atoms with E-state index in [1.54, 1.807) is 13.2 Å². The molecule has 46 valence electrons. The summed E-state index contributed by atoms with van der Waals surface area (Å²) < 4.78 is 0. The Hall–Kier alpha value is 0.873. The summed E-state index contributed by atoms with van der Waals surface area (Å²) >= 11 is -0.826. The molecule has 0 aromatic rings. The van der Waals surface area contributed by atoms with E-state index in [1.807, 2.05) is 0 Å². The van der Waals surface area contributed by atoms with E-state index < -0.39 is 20.8 Å². The van der Waals surface area contributed by atoms with Crippen molar-refractivity contribution < 1.29 is 25.6 Å². The van der Waals surface area contributed by atoms with Crippen molar-refractivity contribution in [2.45, 2.75) is 6.92 Å². The van der Waals surface area contributed by atoms with Crippen molar-refractivity contribution in [2.24, 2.45) is 0 Å². The van der Waals surface area contributed by atoms with E-state index >= 15 is 0 Å². The van der Waals surface area contributed by atoms with Crippen LogP contribution in [-0.2, 0) is 25.6 Å². The van der Waals surface area contributed by atoms with Crippen LogP contribution in [0.15, 0.2) is 12.2 Å². The second kappa shape index (κ2) is 10.8. The molecule has 1 nitrogen and oxygen atoms in total. The maximum absolute atomic E-state index is 9.28. The van der Waals surface area contributed by atoms with E-state index in [2.05, 4.69) is 6.58 Å². The topological polar surface area (TPSA) is 17.1 Å². The van der Waals surface area contributed by atoms with Crippen LogP contribution < -0.4 is 0 Å². The van der Waals surface area contributed by atoms with Gasteiger partial charge in [-0.1, -0.05) is 6.92 Å². The standard InChI is InChI=1S/C4H5O.2ClH.Zr/c1-4(2)3-5;;;/h1H2,2H3;2*1H;/q-1;;;+2/p-2. The molecule has 0 unspecified atom stereocenters. The summed E-state index contributed by atoms with van der Waals surface area (Å²) in [6.07, 6.45) is 1.58. The van der Waals surface area contributed by atoms with E-state index in [0.29, 0.717) is 5.57 Å². The summed E-state index contributed by atoms with van der Waals surface area (Å²) in [5.41, 5.74) is 0.449. The van der Waals surface area contributed by atoms with Crippen molar-refractivity contribution in [3.63, 3.8) is 0 Å². The van der Waals surface area contributed by atoms with E-state index in [-0.39, 0.29) is 0 Å². The fraction of sp³-hybridized carbons (Fsp3) is 0.250. The molecule has 0 bridgehead atoms. The van der Waals surface area contributed by atoms with Gasteiger partial charge < -0.3 is 4.79 Å². The zero-order valence-electron chi connectivity index (χ0n) is 4.37. The molecule has 0 aliphatic heterocycles. The molecule has 0 spiro atoms. The fourth-order valence-electron chi connectivity index (χ4n) is 0. The molecule has 0 saturated carbocycles. The summed E-state index contributed by atoms with van der Waals surface area (Å²) in [5, 5.41) is 0. The Kier molecular flexibility index (Phi) is 15.7. The number of halogens is 2. The molecule has 0 radical (unpaired) electrons. The normalized spacial score (nSPS) is 5.88. The Morgan fingerprint density at radius 2 is 1.88 bits per heavy atom. The molecule has 0 heterocycles. The van der Waals surface area contributed by atoms with Crippen LogP contribution in [0.3, 0.4) is 0 Å². The van der Waals surface area contributed by atoms with E-state index in [1.165, 1.54) is 0 Å². The van der Waals surface area contributed by atoms with Gasteiger partial charge in [0.15, 0.2) is 0 Å². The van der Waals surface area contributed by atoms with Crippen LogP contribution in [0, 0.1) is 0 Å². The van der Waals surface area contributed by atoms with Crippen LogP contribution in [0.25, 0.3) is 0 Å². The minimum atomic E-state index is -0.826. The molecule has 0 aromatic heterocycles. The van der Waals surface area contributed by atoms with Crippen LogP contribution in [0.2, 0.25) is 0 Å². The third-order valence-corrected chi connectivity index (χ3v) is 0.174. The van der Waals surface area contributed by atoms with Gasteiger partial charge in [0.1, 0.15) is 0 Å². The summed E-state index contributed by atoms with van der Waals surface area (Å²) in [6.45, 7) is 4.85. The van der Waals surface area contributed by atoms with Crippen molar-refractivity contribution in [2.75, 3.05) is 0 Å². The molecule has 0 amide bonds. The van der Waals surface area contributed by atoms with Crippen LogP contribution >= 0.6 is 17.0 Å². The third-order valence-electron chi connectivity index (χ3n) is 0.174. The van der Waals surface area contributed by atoms with Crippen LogP contribution in [0.1, 0.15) is 6.92 Å². The molecule has 0 fully saturated rings. The van der Waals surface area contributed by atoms with Crippen molar-refractivity contribution >= 4 is 23.3 Å². The summed E-state index contributed by atoms with van der Waals surface area (Å²) in [6, 6.07) is 0. The summed E-state index contributed by atoms with van der Waals surface area (Å²) in [4.78, 5) is 9.28. The number of hydrogen-bond donors (Lipinski definition) is 0. The van der Waals surface area contributed by atoms with Gasteiger partial charge in [0.2, 0.25) is 0 Å². The molecular weight excluding hydrogens is 226 g/mol. The van der Waals surface area contributed by atoms with Gasteiger partial charge in [-0.15, -0.1) is 0 Å². The maximum atomic E-state index is 9.28. The molecule has 0 rings (SSSR count). The molecule has 0 aromatic carbocycles. The van der Waals surface area contributed by atoms with E-state index in [9.17, 15) is 4.79 Å². The first-order valence-corrected chi connectivity index (χ1v) is 8.02.